The summed E-state index contributed by atoms with van der Waals surface area (Å²) < 4.78 is 5.13. The zero-order valence-corrected chi connectivity index (χ0v) is 16.6. The van der Waals surface area contributed by atoms with Crippen molar-refractivity contribution in [1.29, 1.82) is 0 Å². The number of nitrogens with zero attached hydrogens (tertiary/aromatic N) is 3. The maximum atomic E-state index is 12.6. The first-order chi connectivity index (χ1) is 13.8. The molecule has 1 N–H and O–H groups in total. The minimum Gasteiger partial charge on any atom is -0.497 e. The molecule has 0 heterocycles. The number of carbonyl (C=O) groups is 2. The summed E-state index contributed by atoms with van der Waals surface area (Å²) in [5, 5.41) is 13.5. The number of benzene rings is 2. The summed E-state index contributed by atoms with van der Waals surface area (Å²) in [6.07, 6.45) is 0. The zero-order valence-electron chi connectivity index (χ0n) is 16.6. The van der Waals surface area contributed by atoms with Crippen molar-refractivity contribution >= 4 is 28.9 Å². The van der Waals surface area contributed by atoms with E-state index in [-0.39, 0.29) is 30.6 Å². The number of nitro benzene ring substituents is 1. The van der Waals surface area contributed by atoms with Crippen molar-refractivity contribution in [2.75, 3.05) is 44.0 Å². The van der Waals surface area contributed by atoms with Crippen molar-refractivity contribution in [3.8, 4) is 5.75 Å². The van der Waals surface area contributed by atoms with Gasteiger partial charge in [0.25, 0.3) is 5.69 Å². The van der Waals surface area contributed by atoms with Crippen molar-refractivity contribution < 1.29 is 19.2 Å². The Morgan fingerprint density at radius 1 is 1.14 bits per heavy atom. The summed E-state index contributed by atoms with van der Waals surface area (Å²) in [5.41, 5.74) is 1.11. The highest BCUT2D eigenvalue weighted by Gasteiger charge is 2.18. The number of nitro groups is 1. The second-order valence-corrected chi connectivity index (χ2v) is 6.31. The van der Waals surface area contributed by atoms with Crippen molar-refractivity contribution in [3.63, 3.8) is 0 Å². The second-order valence-electron chi connectivity index (χ2n) is 6.31. The molecule has 0 radical (unpaired) electrons. The molecule has 0 bridgehead atoms. The van der Waals surface area contributed by atoms with E-state index in [2.05, 4.69) is 5.32 Å². The van der Waals surface area contributed by atoms with Crippen LogP contribution in [0.3, 0.4) is 0 Å². The zero-order chi connectivity index (χ0) is 21.4. The van der Waals surface area contributed by atoms with Crippen molar-refractivity contribution in [2.45, 2.75) is 6.92 Å². The van der Waals surface area contributed by atoms with E-state index in [1.807, 2.05) is 6.92 Å². The summed E-state index contributed by atoms with van der Waals surface area (Å²) in [6.45, 7) is 2.45. The number of non-ortho nitro benzene ring substituents is 1. The third kappa shape index (κ3) is 6.28. The Bertz CT molecular complexity index is 869. The molecule has 0 saturated carbocycles. The van der Waals surface area contributed by atoms with E-state index in [1.54, 1.807) is 43.3 Å². The average molecular weight is 400 g/mol. The Balaban J connectivity index is 1.94. The largest absolute Gasteiger partial charge is 0.497 e. The molecular formula is C20H24N4O5. The van der Waals surface area contributed by atoms with Gasteiger partial charge in [0.1, 0.15) is 5.75 Å². The number of hydrogen-bond acceptors (Lipinski definition) is 6. The van der Waals surface area contributed by atoms with Gasteiger partial charge in [-0.15, -0.1) is 0 Å². The van der Waals surface area contributed by atoms with Crippen LogP contribution in [0, 0.1) is 10.1 Å². The number of nitrogens with one attached hydrogen (secondary N) is 1. The molecular weight excluding hydrogens is 376 g/mol. The van der Waals surface area contributed by atoms with Gasteiger partial charge in [-0.2, -0.15) is 0 Å². The topological polar surface area (TPSA) is 105 Å². The Kier molecular flexibility index (Phi) is 7.67. The van der Waals surface area contributed by atoms with Gasteiger partial charge in [-0.25, -0.2) is 0 Å². The molecule has 0 atom stereocenters. The lowest BCUT2D eigenvalue weighted by Crippen LogP contribution is -2.41. The van der Waals surface area contributed by atoms with Gasteiger partial charge in [0, 0.05) is 36.6 Å². The third-order valence-electron chi connectivity index (χ3n) is 4.35. The molecule has 0 aliphatic rings. The molecule has 2 amide bonds. The lowest BCUT2D eigenvalue weighted by molar-refractivity contribution is -0.384. The maximum absolute atomic E-state index is 12.6. The summed E-state index contributed by atoms with van der Waals surface area (Å²) in [5.74, 6) is 0.163. The van der Waals surface area contributed by atoms with Crippen LogP contribution in [0.25, 0.3) is 0 Å². The molecule has 0 spiro atoms. The van der Waals surface area contributed by atoms with Gasteiger partial charge in [0.05, 0.1) is 25.1 Å². The van der Waals surface area contributed by atoms with Crippen LogP contribution in [-0.2, 0) is 9.59 Å². The Morgan fingerprint density at radius 2 is 1.83 bits per heavy atom. The number of anilines is 2. The van der Waals surface area contributed by atoms with Gasteiger partial charge in [0.15, 0.2) is 0 Å². The van der Waals surface area contributed by atoms with E-state index in [0.717, 1.165) is 0 Å². The molecule has 2 rings (SSSR count). The SMILES string of the molecule is CCN(CC(=O)Nc1cccc(OC)c1)CC(=O)N(C)c1ccc([N+](=O)[O-])cc1. The highest BCUT2D eigenvalue weighted by atomic mass is 16.6. The number of ether oxygens (including phenoxy) is 1. The summed E-state index contributed by atoms with van der Waals surface area (Å²) in [7, 11) is 3.14. The second kappa shape index (κ2) is 10.2. The molecule has 9 heteroatoms. The minimum atomic E-state index is -0.495. The number of hydrogen-bond donors (Lipinski definition) is 1. The molecule has 0 unspecified atom stereocenters. The van der Waals surface area contributed by atoms with Gasteiger partial charge in [-0.3, -0.25) is 24.6 Å². The van der Waals surface area contributed by atoms with E-state index >= 15 is 0 Å². The fourth-order valence-electron chi connectivity index (χ4n) is 2.62. The normalized spacial score (nSPS) is 10.5. The molecule has 2 aromatic carbocycles. The number of likely N-dealkylation sites (N-methyl/N-ethyl adjacent to an activating group) is 2. The first kappa shape index (κ1) is 21.8. The summed E-state index contributed by atoms with van der Waals surface area (Å²) in [6, 6.07) is 12.7. The predicted molar refractivity (Wildman–Crippen MR) is 110 cm³/mol. The number of amides is 2. The lowest BCUT2D eigenvalue weighted by Gasteiger charge is -2.23. The van der Waals surface area contributed by atoms with Crippen LogP contribution in [0.4, 0.5) is 17.1 Å². The van der Waals surface area contributed by atoms with Gasteiger partial charge in [-0.05, 0) is 30.8 Å². The molecule has 0 aromatic heterocycles. The minimum absolute atomic E-state index is 0.0372. The van der Waals surface area contributed by atoms with Crippen molar-refractivity contribution in [3.05, 3.63) is 58.6 Å². The van der Waals surface area contributed by atoms with Crippen molar-refractivity contribution in [1.82, 2.24) is 4.90 Å². The fraction of sp³-hybridized carbons (Fsp3) is 0.300. The van der Waals surface area contributed by atoms with Crippen LogP contribution in [0.5, 0.6) is 5.75 Å². The Labute approximate surface area is 169 Å². The van der Waals surface area contributed by atoms with Crippen molar-refractivity contribution in [2.24, 2.45) is 0 Å². The molecule has 0 aliphatic heterocycles. The predicted octanol–water partition coefficient (Wildman–Crippen LogP) is 2.53. The molecule has 154 valence electrons. The van der Waals surface area contributed by atoms with Gasteiger partial charge in [0.2, 0.25) is 11.8 Å². The lowest BCUT2D eigenvalue weighted by atomic mass is 10.2. The molecule has 0 saturated heterocycles. The fourth-order valence-corrected chi connectivity index (χ4v) is 2.62. The molecule has 9 nitrogen and oxygen atoms in total. The average Bonchev–Trinajstić information content (AvgIpc) is 2.72. The van der Waals surface area contributed by atoms with E-state index in [9.17, 15) is 19.7 Å². The Hall–Kier alpha value is -3.46. The highest BCUT2D eigenvalue weighted by molar-refractivity contribution is 5.96. The van der Waals surface area contributed by atoms with Gasteiger partial charge >= 0.3 is 0 Å². The van der Waals surface area contributed by atoms with E-state index in [0.29, 0.717) is 23.7 Å². The number of methoxy groups -OCH3 is 1. The molecule has 0 aliphatic carbocycles. The van der Waals surface area contributed by atoms with E-state index in [1.165, 1.54) is 29.2 Å². The standard InChI is InChI=1S/C20H24N4O5/c1-4-23(13-19(25)21-15-6-5-7-18(12-15)29-3)14-20(26)22(2)16-8-10-17(11-9-16)24(27)28/h5-12H,4,13-14H2,1-3H3,(H,21,25). The van der Waals surface area contributed by atoms with E-state index in [4.69, 9.17) is 4.74 Å². The highest BCUT2D eigenvalue weighted by Crippen LogP contribution is 2.19. The monoisotopic (exact) mass is 400 g/mol. The molecule has 0 fully saturated rings. The molecule has 2 aromatic rings. The maximum Gasteiger partial charge on any atom is 0.269 e. The third-order valence-corrected chi connectivity index (χ3v) is 4.35. The van der Waals surface area contributed by atoms with Crippen LogP contribution in [0.2, 0.25) is 0 Å². The molecule has 29 heavy (non-hydrogen) atoms. The number of carbonyl (C=O) groups excluding carboxylic acids is 2. The smallest absolute Gasteiger partial charge is 0.269 e. The Morgan fingerprint density at radius 3 is 2.41 bits per heavy atom. The summed E-state index contributed by atoms with van der Waals surface area (Å²) in [4.78, 5) is 38.2. The van der Waals surface area contributed by atoms with Crippen LogP contribution < -0.4 is 15.0 Å². The van der Waals surface area contributed by atoms with Crippen LogP contribution in [0.15, 0.2) is 48.5 Å². The van der Waals surface area contributed by atoms with Crippen LogP contribution in [-0.4, -0.2) is 55.4 Å². The van der Waals surface area contributed by atoms with Gasteiger partial charge in [-0.1, -0.05) is 13.0 Å². The van der Waals surface area contributed by atoms with Crippen LogP contribution >= 0.6 is 0 Å². The first-order valence-corrected chi connectivity index (χ1v) is 9.01. The first-order valence-electron chi connectivity index (χ1n) is 9.01. The van der Waals surface area contributed by atoms with E-state index < -0.39 is 4.92 Å². The van der Waals surface area contributed by atoms with Gasteiger partial charge < -0.3 is 15.0 Å². The quantitative estimate of drug-likeness (QED) is 0.512. The summed E-state index contributed by atoms with van der Waals surface area (Å²) >= 11 is 0. The van der Waals surface area contributed by atoms with Crippen LogP contribution in [0.1, 0.15) is 6.92 Å². The number of rotatable bonds is 9.